The molecule has 0 bridgehead atoms. The molecule has 2 aromatic carbocycles. The zero-order valence-corrected chi connectivity index (χ0v) is 19.3. The number of ether oxygens (including phenoxy) is 1. The molecule has 33 heavy (non-hydrogen) atoms. The highest BCUT2D eigenvalue weighted by Gasteiger charge is 2.19. The predicted molar refractivity (Wildman–Crippen MR) is 130 cm³/mol. The fourth-order valence-electron chi connectivity index (χ4n) is 4.20. The monoisotopic (exact) mass is 462 g/mol. The number of aromatic hydroxyl groups is 1. The van der Waals surface area contributed by atoms with Crippen LogP contribution in [0.25, 0.3) is 11.3 Å². The van der Waals surface area contributed by atoms with Crippen LogP contribution in [0.2, 0.25) is 0 Å². The molecule has 0 unspecified atom stereocenters. The quantitative estimate of drug-likeness (QED) is 0.548. The van der Waals surface area contributed by atoms with Gasteiger partial charge in [-0.3, -0.25) is 9.79 Å². The molecular formula is C25H26N4O3S. The lowest BCUT2D eigenvalue weighted by Crippen LogP contribution is -2.25. The Kier molecular flexibility index (Phi) is 6.00. The highest BCUT2D eigenvalue weighted by Crippen LogP contribution is 2.33. The van der Waals surface area contributed by atoms with Gasteiger partial charge in [0.2, 0.25) is 4.80 Å². The molecule has 2 N–H and O–H groups in total. The third-order valence-electron chi connectivity index (χ3n) is 6.00. The SMILES string of the molecule is CC(=Nn1c(-c2ccc3c(c2)NC(=O)CO3)csc1=NC1CCCCC1)c1ccc(O)cc1. The molecule has 0 radical (unpaired) electrons. The van der Waals surface area contributed by atoms with E-state index in [-0.39, 0.29) is 18.3 Å². The van der Waals surface area contributed by atoms with Gasteiger partial charge in [-0.1, -0.05) is 19.3 Å². The number of carbonyl (C=O) groups is 1. The van der Waals surface area contributed by atoms with Crippen LogP contribution in [0.4, 0.5) is 5.69 Å². The summed E-state index contributed by atoms with van der Waals surface area (Å²) in [7, 11) is 0. The summed E-state index contributed by atoms with van der Waals surface area (Å²) in [6.07, 6.45) is 5.93. The number of fused-ring (bicyclic) bond motifs is 1. The van der Waals surface area contributed by atoms with Crippen LogP contribution in [-0.2, 0) is 4.79 Å². The predicted octanol–water partition coefficient (Wildman–Crippen LogP) is 4.76. The topological polar surface area (TPSA) is 88.2 Å². The maximum Gasteiger partial charge on any atom is 0.262 e. The van der Waals surface area contributed by atoms with Crippen LogP contribution in [0.1, 0.15) is 44.6 Å². The Bertz CT molecular complexity index is 1270. The first-order valence-corrected chi connectivity index (χ1v) is 12.1. The smallest absolute Gasteiger partial charge is 0.262 e. The van der Waals surface area contributed by atoms with Crippen LogP contribution in [0, 0.1) is 0 Å². The standard InChI is InChI=1S/C25H26N4O3S/c1-16(17-7-10-20(30)11-8-17)28-29-22(15-33-25(29)26-19-5-3-2-4-6-19)18-9-12-23-21(13-18)27-24(31)14-32-23/h7-13,15,19,30H,2-6,14H2,1H3,(H,27,31). The normalized spacial score (nSPS) is 17.4. The molecule has 0 atom stereocenters. The van der Waals surface area contributed by atoms with E-state index in [9.17, 15) is 9.90 Å². The van der Waals surface area contributed by atoms with E-state index in [4.69, 9.17) is 14.8 Å². The van der Waals surface area contributed by atoms with Crippen molar-refractivity contribution in [3.05, 3.63) is 58.2 Å². The van der Waals surface area contributed by atoms with E-state index in [1.54, 1.807) is 23.5 Å². The second kappa shape index (κ2) is 9.23. The maximum atomic E-state index is 11.8. The number of phenolic OH excluding ortho intramolecular Hbond substituents is 1. The lowest BCUT2D eigenvalue weighted by molar-refractivity contribution is -0.118. The average molecular weight is 463 g/mol. The van der Waals surface area contributed by atoms with Crippen molar-refractivity contribution in [2.45, 2.75) is 45.1 Å². The summed E-state index contributed by atoms with van der Waals surface area (Å²) in [5.41, 5.74) is 4.21. The van der Waals surface area contributed by atoms with Crippen molar-refractivity contribution in [3.63, 3.8) is 0 Å². The first kappa shape index (κ1) is 21.5. The minimum absolute atomic E-state index is 0.0331. The van der Waals surface area contributed by atoms with E-state index in [0.29, 0.717) is 17.5 Å². The van der Waals surface area contributed by atoms with Gasteiger partial charge in [0, 0.05) is 10.9 Å². The van der Waals surface area contributed by atoms with E-state index < -0.39 is 0 Å². The van der Waals surface area contributed by atoms with Crippen LogP contribution in [0.15, 0.2) is 57.9 Å². The molecular weight excluding hydrogens is 436 g/mol. The Labute approximate surface area is 196 Å². The van der Waals surface area contributed by atoms with Gasteiger partial charge in [0.25, 0.3) is 5.91 Å². The summed E-state index contributed by atoms with van der Waals surface area (Å²) in [6.45, 7) is 1.98. The first-order chi connectivity index (χ1) is 16.1. The number of nitrogens with one attached hydrogen (secondary N) is 1. The number of nitrogens with zero attached hydrogens (tertiary/aromatic N) is 3. The number of phenols is 1. The minimum Gasteiger partial charge on any atom is -0.508 e. The van der Waals surface area contributed by atoms with Crippen LogP contribution in [0.5, 0.6) is 11.5 Å². The molecule has 8 heteroatoms. The summed E-state index contributed by atoms with van der Waals surface area (Å²) < 4.78 is 7.41. The summed E-state index contributed by atoms with van der Waals surface area (Å²) in [5, 5.41) is 19.5. The van der Waals surface area contributed by atoms with Crippen molar-refractivity contribution < 1.29 is 14.6 Å². The molecule has 1 aliphatic carbocycles. The third-order valence-corrected chi connectivity index (χ3v) is 6.83. The molecule has 5 rings (SSSR count). The van der Waals surface area contributed by atoms with Crippen molar-refractivity contribution in [1.82, 2.24) is 4.68 Å². The first-order valence-electron chi connectivity index (χ1n) is 11.2. The van der Waals surface area contributed by atoms with E-state index >= 15 is 0 Å². The van der Waals surface area contributed by atoms with Crippen molar-refractivity contribution in [3.8, 4) is 22.8 Å². The molecule has 0 spiro atoms. The molecule has 3 aromatic rings. The molecule has 2 aliphatic rings. The van der Waals surface area contributed by atoms with Gasteiger partial charge in [-0.15, -0.1) is 11.3 Å². The molecule has 1 amide bonds. The molecule has 2 heterocycles. The summed E-state index contributed by atoms with van der Waals surface area (Å²) in [6, 6.07) is 13.1. The highest BCUT2D eigenvalue weighted by molar-refractivity contribution is 7.07. The van der Waals surface area contributed by atoms with Crippen molar-refractivity contribution in [2.24, 2.45) is 10.1 Å². The minimum atomic E-state index is -0.160. The number of benzene rings is 2. The Balaban J connectivity index is 1.60. The number of hydrogen-bond donors (Lipinski definition) is 2. The molecule has 170 valence electrons. The lowest BCUT2D eigenvalue weighted by Gasteiger charge is -2.19. The number of rotatable bonds is 4. The van der Waals surface area contributed by atoms with E-state index in [0.717, 1.165) is 40.2 Å². The Morgan fingerprint density at radius 3 is 2.73 bits per heavy atom. The second-order valence-corrected chi connectivity index (χ2v) is 9.25. The van der Waals surface area contributed by atoms with Gasteiger partial charge in [0.1, 0.15) is 11.5 Å². The fraction of sp³-hybridized carbons (Fsp3) is 0.320. The molecule has 1 aliphatic heterocycles. The van der Waals surface area contributed by atoms with Crippen molar-refractivity contribution in [2.75, 3.05) is 11.9 Å². The number of hydrogen-bond acceptors (Lipinski definition) is 6. The van der Waals surface area contributed by atoms with Crippen LogP contribution < -0.4 is 14.9 Å². The molecule has 1 aromatic heterocycles. The second-order valence-electron chi connectivity index (χ2n) is 8.42. The average Bonchev–Trinajstić information content (AvgIpc) is 3.21. The largest absolute Gasteiger partial charge is 0.508 e. The molecule has 7 nitrogen and oxygen atoms in total. The summed E-state index contributed by atoms with van der Waals surface area (Å²) in [5.74, 6) is 0.727. The molecule has 1 fully saturated rings. The molecule has 0 saturated heterocycles. The zero-order valence-electron chi connectivity index (χ0n) is 18.5. The summed E-state index contributed by atoms with van der Waals surface area (Å²) in [4.78, 5) is 17.7. The van der Waals surface area contributed by atoms with Crippen molar-refractivity contribution >= 4 is 28.6 Å². The van der Waals surface area contributed by atoms with Gasteiger partial charge in [-0.2, -0.15) is 5.10 Å². The highest BCUT2D eigenvalue weighted by atomic mass is 32.1. The van der Waals surface area contributed by atoms with Gasteiger partial charge in [-0.25, -0.2) is 4.68 Å². The van der Waals surface area contributed by atoms with Crippen molar-refractivity contribution in [1.29, 1.82) is 0 Å². The number of anilines is 1. The summed E-state index contributed by atoms with van der Waals surface area (Å²) >= 11 is 1.57. The number of carbonyl (C=O) groups excluding carboxylic acids is 1. The lowest BCUT2D eigenvalue weighted by atomic mass is 9.96. The van der Waals surface area contributed by atoms with E-state index in [1.807, 2.05) is 41.9 Å². The van der Waals surface area contributed by atoms with Crippen LogP contribution in [-0.4, -0.2) is 34.1 Å². The Hall–Kier alpha value is -3.39. The van der Waals surface area contributed by atoms with Crippen LogP contribution >= 0.6 is 11.3 Å². The van der Waals surface area contributed by atoms with Gasteiger partial charge >= 0.3 is 0 Å². The number of thiazole rings is 1. The third kappa shape index (κ3) is 4.71. The maximum absolute atomic E-state index is 11.8. The number of amides is 1. The Morgan fingerprint density at radius 1 is 1.15 bits per heavy atom. The van der Waals surface area contributed by atoms with Gasteiger partial charge in [0.05, 0.1) is 23.1 Å². The number of aromatic nitrogens is 1. The van der Waals surface area contributed by atoms with E-state index in [2.05, 4.69) is 10.7 Å². The van der Waals surface area contributed by atoms with Gasteiger partial charge in [0.15, 0.2) is 6.61 Å². The zero-order chi connectivity index (χ0) is 22.8. The fourth-order valence-corrected chi connectivity index (χ4v) is 5.10. The van der Waals surface area contributed by atoms with Gasteiger partial charge < -0.3 is 15.2 Å². The van der Waals surface area contributed by atoms with Gasteiger partial charge in [-0.05, 0) is 67.8 Å². The Morgan fingerprint density at radius 2 is 1.94 bits per heavy atom. The molecule has 1 saturated carbocycles. The van der Waals surface area contributed by atoms with E-state index in [1.165, 1.54) is 19.3 Å². The van der Waals surface area contributed by atoms with Crippen LogP contribution in [0.3, 0.4) is 0 Å².